The molecule has 0 spiro atoms. The van der Waals surface area contributed by atoms with Crippen molar-refractivity contribution in [2.24, 2.45) is 23.7 Å². The van der Waals surface area contributed by atoms with Gasteiger partial charge in [-0.2, -0.15) is 0 Å². The summed E-state index contributed by atoms with van der Waals surface area (Å²) in [6, 6.07) is 0. The molecule has 0 amide bonds. The molecule has 0 bridgehead atoms. The Labute approximate surface area is 179 Å². The maximum atomic E-state index is 13.4. The first-order chi connectivity index (χ1) is 14.1. The molecule has 0 aromatic carbocycles. The fraction of sp³-hybridized carbons (Fsp3) is 0.778. The zero-order valence-corrected chi connectivity index (χ0v) is 19.3. The van der Waals surface area contributed by atoms with Gasteiger partial charge in [0, 0.05) is 5.92 Å². The standard InChI is InChI=1S/C27H44O2/c1-4-6-8-10-14-22-16-12-18-24(22)21(3)27(29)26(20-28)25-19-13-17-23(25)15-11-9-7-5-2/h16-17,20-21,24-26H,4-15,18-19H2,1-3H3. The molecule has 2 nitrogen and oxygen atoms in total. The van der Waals surface area contributed by atoms with E-state index in [4.69, 9.17) is 0 Å². The van der Waals surface area contributed by atoms with Crippen molar-refractivity contribution in [1.29, 1.82) is 0 Å². The Morgan fingerprint density at radius 3 is 1.93 bits per heavy atom. The first-order valence-electron chi connectivity index (χ1n) is 12.5. The third-order valence-corrected chi connectivity index (χ3v) is 7.32. The largest absolute Gasteiger partial charge is 0.303 e. The molecule has 0 saturated carbocycles. The van der Waals surface area contributed by atoms with Gasteiger partial charge in [0.25, 0.3) is 0 Å². The summed E-state index contributed by atoms with van der Waals surface area (Å²) in [4.78, 5) is 25.4. The van der Waals surface area contributed by atoms with Crippen LogP contribution >= 0.6 is 0 Å². The summed E-state index contributed by atoms with van der Waals surface area (Å²) in [5, 5.41) is 0. The summed E-state index contributed by atoms with van der Waals surface area (Å²) in [5.74, 6) is 0.295. The lowest BCUT2D eigenvalue weighted by molar-refractivity contribution is -0.132. The van der Waals surface area contributed by atoms with Crippen molar-refractivity contribution in [3.63, 3.8) is 0 Å². The molecule has 164 valence electrons. The van der Waals surface area contributed by atoms with Crippen LogP contribution in [-0.2, 0) is 9.59 Å². The lowest BCUT2D eigenvalue weighted by atomic mass is 9.74. The van der Waals surface area contributed by atoms with Crippen LogP contribution < -0.4 is 0 Å². The van der Waals surface area contributed by atoms with Crippen molar-refractivity contribution < 1.29 is 9.59 Å². The van der Waals surface area contributed by atoms with Gasteiger partial charge in [-0.25, -0.2) is 0 Å². The van der Waals surface area contributed by atoms with Gasteiger partial charge >= 0.3 is 0 Å². The fourth-order valence-electron chi connectivity index (χ4n) is 5.50. The minimum atomic E-state index is -0.424. The van der Waals surface area contributed by atoms with E-state index in [0.717, 1.165) is 44.8 Å². The topological polar surface area (TPSA) is 34.1 Å². The summed E-state index contributed by atoms with van der Waals surface area (Å²) in [6.07, 6.45) is 22.1. The minimum Gasteiger partial charge on any atom is -0.303 e. The number of allylic oxidation sites excluding steroid dienone is 4. The second kappa shape index (κ2) is 13.2. The Bertz CT molecular complexity index is 571. The molecule has 4 atom stereocenters. The van der Waals surface area contributed by atoms with Crippen LogP contribution in [0.25, 0.3) is 0 Å². The van der Waals surface area contributed by atoms with Crippen LogP contribution in [0, 0.1) is 23.7 Å². The van der Waals surface area contributed by atoms with Gasteiger partial charge in [-0.05, 0) is 63.2 Å². The molecule has 2 aliphatic carbocycles. The molecular weight excluding hydrogens is 356 g/mol. The van der Waals surface area contributed by atoms with Crippen LogP contribution in [0.3, 0.4) is 0 Å². The predicted octanol–water partition coefficient (Wildman–Crippen LogP) is 7.62. The molecule has 29 heavy (non-hydrogen) atoms. The molecule has 0 radical (unpaired) electrons. The van der Waals surface area contributed by atoms with E-state index in [0.29, 0.717) is 5.92 Å². The van der Waals surface area contributed by atoms with E-state index in [9.17, 15) is 9.59 Å². The van der Waals surface area contributed by atoms with Crippen LogP contribution in [0.2, 0.25) is 0 Å². The van der Waals surface area contributed by atoms with Crippen molar-refractivity contribution >= 4 is 12.1 Å². The molecule has 2 aliphatic rings. The Morgan fingerprint density at radius 2 is 1.41 bits per heavy atom. The maximum absolute atomic E-state index is 13.4. The maximum Gasteiger partial charge on any atom is 0.147 e. The quantitative estimate of drug-likeness (QED) is 0.123. The molecule has 0 aromatic heterocycles. The average Bonchev–Trinajstić information content (AvgIpc) is 3.38. The summed E-state index contributed by atoms with van der Waals surface area (Å²) in [7, 11) is 0. The second-order valence-electron chi connectivity index (χ2n) is 9.40. The van der Waals surface area contributed by atoms with E-state index in [-0.39, 0.29) is 17.6 Å². The van der Waals surface area contributed by atoms with Crippen molar-refractivity contribution in [3.8, 4) is 0 Å². The number of rotatable bonds is 15. The third-order valence-electron chi connectivity index (χ3n) is 7.32. The molecule has 2 heteroatoms. The SMILES string of the molecule is CCCCCCC1=CCCC1C(C)C(=O)C(C=O)C1CCC=C1CCCCCC. The predicted molar refractivity (Wildman–Crippen MR) is 123 cm³/mol. The van der Waals surface area contributed by atoms with Gasteiger partial charge in [-0.15, -0.1) is 0 Å². The molecule has 4 unspecified atom stereocenters. The smallest absolute Gasteiger partial charge is 0.147 e. The van der Waals surface area contributed by atoms with E-state index in [1.54, 1.807) is 0 Å². The van der Waals surface area contributed by atoms with E-state index in [2.05, 4.69) is 32.9 Å². The fourth-order valence-corrected chi connectivity index (χ4v) is 5.50. The van der Waals surface area contributed by atoms with Crippen LogP contribution in [0.1, 0.15) is 111 Å². The number of ketones is 1. The summed E-state index contributed by atoms with van der Waals surface area (Å²) < 4.78 is 0. The van der Waals surface area contributed by atoms with Gasteiger partial charge in [0.2, 0.25) is 0 Å². The zero-order chi connectivity index (χ0) is 21.1. The molecule has 0 saturated heterocycles. The van der Waals surface area contributed by atoms with E-state index in [1.165, 1.54) is 62.5 Å². The van der Waals surface area contributed by atoms with Crippen LogP contribution in [0.4, 0.5) is 0 Å². The highest BCUT2D eigenvalue weighted by Crippen LogP contribution is 2.40. The number of carbonyl (C=O) groups is 2. The van der Waals surface area contributed by atoms with E-state index in [1.807, 2.05) is 0 Å². The van der Waals surface area contributed by atoms with Gasteiger partial charge in [-0.3, -0.25) is 4.79 Å². The number of hydrogen-bond acceptors (Lipinski definition) is 2. The van der Waals surface area contributed by atoms with Crippen molar-refractivity contribution in [2.75, 3.05) is 0 Å². The third kappa shape index (κ3) is 6.93. The molecular formula is C27H44O2. The number of hydrogen-bond donors (Lipinski definition) is 0. The minimum absolute atomic E-state index is 0.0212. The molecule has 0 aromatic rings. The van der Waals surface area contributed by atoms with Crippen molar-refractivity contribution in [3.05, 3.63) is 23.3 Å². The number of aldehydes is 1. The molecule has 0 heterocycles. The average molecular weight is 401 g/mol. The Morgan fingerprint density at radius 1 is 0.897 bits per heavy atom. The van der Waals surface area contributed by atoms with Crippen LogP contribution in [0.15, 0.2) is 23.3 Å². The first-order valence-corrected chi connectivity index (χ1v) is 12.5. The molecule has 0 aliphatic heterocycles. The summed E-state index contributed by atoms with van der Waals surface area (Å²) in [5.41, 5.74) is 2.88. The number of carbonyl (C=O) groups excluding carboxylic acids is 2. The molecule has 0 N–H and O–H groups in total. The van der Waals surface area contributed by atoms with Crippen molar-refractivity contribution in [1.82, 2.24) is 0 Å². The second-order valence-corrected chi connectivity index (χ2v) is 9.40. The lowest BCUT2D eigenvalue weighted by Crippen LogP contribution is -2.33. The van der Waals surface area contributed by atoms with Crippen LogP contribution in [-0.4, -0.2) is 12.1 Å². The number of unbranched alkanes of at least 4 members (excludes halogenated alkanes) is 6. The van der Waals surface area contributed by atoms with Gasteiger partial charge in [0.15, 0.2) is 0 Å². The Hall–Kier alpha value is -1.18. The van der Waals surface area contributed by atoms with Gasteiger partial charge in [0.1, 0.15) is 12.1 Å². The molecule has 0 fully saturated rings. The molecule has 2 rings (SSSR count). The normalized spacial score (nSPS) is 23.6. The highest BCUT2D eigenvalue weighted by molar-refractivity contribution is 5.95. The first kappa shape index (κ1) is 24.1. The van der Waals surface area contributed by atoms with E-state index < -0.39 is 5.92 Å². The summed E-state index contributed by atoms with van der Waals surface area (Å²) in [6.45, 7) is 6.57. The highest BCUT2D eigenvalue weighted by atomic mass is 16.1. The van der Waals surface area contributed by atoms with Crippen molar-refractivity contribution in [2.45, 2.75) is 111 Å². The Balaban J connectivity index is 1.94. The lowest BCUT2D eigenvalue weighted by Gasteiger charge is -2.28. The van der Waals surface area contributed by atoms with Gasteiger partial charge in [-0.1, -0.05) is 82.6 Å². The van der Waals surface area contributed by atoms with E-state index >= 15 is 0 Å². The summed E-state index contributed by atoms with van der Waals surface area (Å²) >= 11 is 0. The zero-order valence-electron chi connectivity index (χ0n) is 19.3. The highest BCUT2D eigenvalue weighted by Gasteiger charge is 2.38. The van der Waals surface area contributed by atoms with Crippen LogP contribution in [0.5, 0.6) is 0 Å². The Kier molecular flexibility index (Phi) is 11.0. The van der Waals surface area contributed by atoms with Gasteiger partial charge in [0.05, 0.1) is 5.92 Å². The monoisotopic (exact) mass is 400 g/mol. The van der Waals surface area contributed by atoms with Gasteiger partial charge < -0.3 is 4.79 Å². The number of Topliss-reactive ketones (excluding diaryl/α,β-unsaturated/α-hetero) is 1.